The van der Waals surface area contributed by atoms with Gasteiger partial charge in [0, 0.05) is 30.7 Å². The third-order valence-electron chi connectivity index (χ3n) is 4.26. The lowest BCUT2D eigenvalue weighted by Crippen LogP contribution is -2.12. The lowest BCUT2D eigenvalue weighted by atomic mass is 10.2. The van der Waals surface area contributed by atoms with E-state index in [9.17, 15) is 4.79 Å². The van der Waals surface area contributed by atoms with E-state index in [2.05, 4.69) is 41.2 Å². The number of rotatable bonds is 6. The van der Waals surface area contributed by atoms with Gasteiger partial charge in [0.2, 0.25) is 0 Å². The maximum atomic E-state index is 12.2. The predicted octanol–water partition coefficient (Wildman–Crippen LogP) is 3.36. The normalized spacial score (nSPS) is 10.5. The average molecular weight is 415 g/mol. The van der Waals surface area contributed by atoms with Gasteiger partial charge in [-0.2, -0.15) is 0 Å². The van der Waals surface area contributed by atoms with Gasteiger partial charge in [0.15, 0.2) is 5.69 Å². The summed E-state index contributed by atoms with van der Waals surface area (Å²) in [4.78, 5) is 25.3. The number of amides is 1. The molecule has 0 radical (unpaired) electrons. The van der Waals surface area contributed by atoms with Gasteiger partial charge in [-0.25, -0.2) is 15.0 Å². The van der Waals surface area contributed by atoms with E-state index >= 15 is 0 Å². The van der Waals surface area contributed by atoms with Crippen LogP contribution in [0.5, 0.6) is 0 Å². The van der Waals surface area contributed by atoms with Crippen LogP contribution in [0.25, 0.3) is 0 Å². The minimum atomic E-state index is -0.319. The van der Waals surface area contributed by atoms with E-state index in [-0.39, 0.29) is 11.6 Å². The first kappa shape index (κ1) is 20.0. The van der Waals surface area contributed by atoms with E-state index in [0.717, 1.165) is 11.3 Å². The Balaban J connectivity index is 1.44. The van der Waals surface area contributed by atoms with Gasteiger partial charge in [0.25, 0.3) is 5.91 Å². The van der Waals surface area contributed by atoms with Crippen molar-refractivity contribution in [3.63, 3.8) is 0 Å². The number of pyridine rings is 1. The summed E-state index contributed by atoms with van der Waals surface area (Å²) in [6, 6.07) is 13.0. The highest BCUT2D eigenvalue weighted by Gasteiger charge is 2.10. The Bertz CT molecular complexity index is 1220. The van der Waals surface area contributed by atoms with Crippen LogP contribution in [0, 0.1) is 13.8 Å². The SMILES string of the molecule is Cc1ccnc(Nc2cc(Nc3ccc(NC(=O)c4cn(C)nn4)cc3)nc(C)n2)c1. The van der Waals surface area contributed by atoms with Crippen LogP contribution in [0.15, 0.2) is 54.9 Å². The fourth-order valence-electron chi connectivity index (χ4n) is 2.86. The van der Waals surface area contributed by atoms with Crippen molar-refractivity contribution in [1.82, 2.24) is 29.9 Å². The quantitative estimate of drug-likeness (QED) is 0.438. The number of hydrogen-bond donors (Lipinski definition) is 3. The molecular formula is C21H21N9O. The lowest BCUT2D eigenvalue weighted by Gasteiger charge is -2.11. The van der Waals surface area contributed by atoms with Gasteiger partial charge < -0.3 is 16.0 Å². The van der Waals surface area contributed by atoms with Crippen molar-refractivity contribution in [3.8, 4) is 0 Å². The fraction of sp³-hybridized carbons (Fsp3) is 0.143. The number of carbonyl (C=O) groups excluding carboxylic acids is 1. The number of hydrogen-bond acceptors (Lipinski definition) is 8. The lowest BCUT2D eigenvalue weighted by molar-refractivity contribution is 0.102. The van der Waals surface area contributed by atoms with E-state index in [1.54, 1.807) is 37.6 Å². The minimum Gasteiger partial charge on any atom is -0.340 e. The Morgan fingerprint density at radius 2 is 1.61 bits per heavy atom. The van der Waals surface area contributed by atoms with Crippen molar-refractivity contribution in [3.05, 3.63) is 71.9 Å². The topological polar surface area (TPSA) is 123 Å². The fourth-order valence-corrected chi connectivity index (χ4v) is 2.86. The van der Waals surface area contributed by atoms with Gasteiger partial charge in [-0.1, -0.05) is 5.21 Å². The van der Waals surface area contributed by atoms with E-state index in [1.807, 2.05) is 38.1 Å². The van der Waals surface area contributed by atoms with Crippen molar-refractivity contribution < 1.29 is 4.79 Å². The maximum Gasteiger partial charge on any atom is 0.277 e. The Labute approximate surface area is 178 Å². The molecule has 1 amide bonds. The summed E-state index contributed by atoms with van der Waals surface area (Å²) in [5, 5.41) is 16.8. The first-order valence-electron chi connectivity index (χ1n) is 9.55. The Morgan fingerprint density at radius 1 is 0.903 bits per heavy atom. The molecule has 0 bridgehead atoms. The molecule has 0 aliphatic rings. The van der Waals surface area contributed by atoms with Crippen molar-refractivity contribution >= 4 is 34.7 Å². The second-order valence-corrected chi connectivity index (χ2v) is 6.96. The molecule has 0 spiro atoms. The summed E-state index contributed by atoms with van der Waals surface area (Å²) in [6.07, 6.45) is 3.30. The molecule has 0 aliphatic heterocycles. The number of aromatic nitrogens is 6. The largest absolute Gasteiger partial charge is 0.340 e. The second kappa shape index (κ2) is 8.57. The molecule has 156 valence electrons. The summed E-state index contributed by atoms with van der Waals surface area (Å²) in [6.45, 7) is 3.83. The van der Waals surface area contributed by atoms with Crippen molar-refractivity contribution in [2.45, 2.75) is 13.8 Å². The van der Waals surface area contributed by atoms with Crippen LogP contribution in [0.4, 0.5) is 28.8 Å². The molecule has 0 saturated carbocycles. The van der Waals surface area contributed by atoms with Crippen LogP contribution < -0.4 is 16.0 Å². The van der Waals surface area contributed by atoms with Crippen LogP contribution in [-0.4, -0.2) is 35.9 Å². The van der Waals surface area contributed by atoms with E-state index in [0.29, 0.717) is 29.0 Å². The molecule has 3 N–H and O–H groups in total. The Hall–Kier alpha value is -4.34. The smallest absolute Gasteiger partial charge is 0.277 e. The molecule has 0 unspecified atom stereocenters. The number of benzene rings is 1. The van der Waals surface area contributed by atoms with Gasteiger partial charge in [-0.05, 0) is 55.8 Å². The summed E-state index contributed by atoms with van der Waals surface area (Å²) in [5.41, 5.74) is 2.82. The third kappa shape index (κ3) is 5.18. The van der Waals surface area contributed by atoms with Crippen molar-refractivity contribution in [2.75, 3.05) is 16.0 Å². The Kier molecular flexibility index (Phi) is 5.52. The number of carbonyl (C=O) groups is 1. The Morgan fingerprint density at radius 3 is 2.29 bits per heavy atom. The molecule has 0 aliphatic carbocycles. The van der Waals surface area contributed by atoms with Gasteiger partial charge in [-0.15, -0.1) is 5.10 Å². The summed E-state index contributed by atoms with van der Waals surface area (Å²) in [5.74, 6) is 2.29. The van der Waals surface area contributed by atoms with Crippen molar-refractivity contribution in [1.29, 1.82) is 0 Å². The monoisotopic (exact) mass is 415 g/mol. The first-order chi connectivity index (χ1) is 14.9. The highest BCUT2D eigenvalue weighted by molar-refractivity contribution is 6.02. The highest BCUT2D eigenvalue weighted by Crippen LogP contribution is 2.21. The van der Waals surface area contributed by atoms with Gasteiger partial charge in [0.05, 0.1) is 6.20 Å². The van der Waals surface area contributed by atoms with E-state index in [4.69, 9.17) is 0 Å². The molecule has 10 heteroatoms. The van der Waals surface area contributed by atoms with E-state index in [1.165, 1.54) is 4.68 Å². The third-order valence-corrected chi connectivity index (χ3v) is 4.26. The molecule has 0 fully saturated rings. The zero-order valence-corrected chi connectivity index (χ0v) is 17.3. The van der Waals surface area contributed by atoms with Gasteiger partial charge >= 0.3 is 0 Å². The molecule has 0 saturated heterocycles. The number of nitrogens with one attached hydrogen (secondary N) is 3. The number of nitrogens with zero attached hydrogens (tertiary/aromatic N) is 6. The maximum absolute atomic E-state index is 12.2. The van der Waals surface area contributed by atoms with Crippen LogP contribution in [0.3, 0.4) is 0 Å². The van der Waals surface area contributed by atoms with E-state index < -0.39 is 0 Å². The first-order valence-corrected chi connectivity index (χ1v) is 9.55. The second-order valence-electron chi connectivity index (χ2n) is 6.96. The number of anilines is 5. The molecule has 3 heterocycles. The molecule has 10 nitrogen and oxygen atoms in total. The van der Waals surface area contributed by atoms with Crippen LogP contribution in [-0.2, 0) is 7.05 Å². The molecule has 4 rings (SSSR count). The molecule has 31 heavy (non-hydrogen) atoms. The predicted molar refractivity (Wildman–Crippen MR) is 118 cm³/mol. The average Bonchev–Trinajstić information content (AvgIpc) is 3.16. The summed E-state index contributed by atoms with van der Waals surface area (Å²) in [7, 11) is 1.71. The molecular weight excluding hydrogens is 394 g/mol. The van der Waals surface area contributed by atoms with Gasteiger partial charge in [-0.3, -0.25) is 9.48 Å². The standard InChI is InChI=1S/C21H21N9O/c1-13-8-9-22-18(10-13)27-20-11-19(23-14(2)24-20)25-15-4-6-16(7-5-15)26-21(31)17-12-30(3)29-28-17/h4-12H,1-3H3,(H,26,31)(H2,22,23,24,25,27). The summed E-state index contributed by atoms with van der Waals surface area (Å²) >= 11 is 0. The van der Waals surface area contributed by atoms with Crippen LogP contribution in [0.1, 0.15) is 21.9 Å². The molecule has 0 atom stereocenters. The highest BCUT2D eigenvalue weighted by atomic mass is 16.2. The zero-order chi connectivity index (χ0) is 21.8. The molecule has 1 aromatic carbocycles. The summed E-state index contributed by atoms with van der Waals surface area (Å²) < 4.78 is 1.48. The molecule has 4 aromatic rings. The minimum absolute atomic E-state index is 0.254. The molecule has 3 aromatic heterocycles. The van der Waals surface area contributed by atoms with Crippen molar-refractivity contribution in [2.24, 2.45) is 7.05 Å². The van der Waals surface area contributed by atoms with Gasteiger partial charge in [0.1, 0.15) is 23.3 Å². The zero-order valence-electron chi connectivity index (χ0n) is 17.3. The number of aryl methyl sites for hydroxylation is 3. The van der Waals surface area contributed by atoms with Crippen LogP contribution >= 0.6 is 0 Å². The van der Waals surface area contributed by atoms with Crippen LogP contribution in [0.2, 0.25) is 0 Å².